The lowest BCUT2D eigenvalue weighted by Crippen LogP contribution is -2.24. The fraction of sp³-hybridized carbons (Fsp3) is 0.647. The maximum absolute atomic E-state index is 6.15. The molecule has 1 unspecified atom stereocenters. The normalized spacial score (nSPS) is 23.4. The number of nitrogens with one attached hydrogen (secondary N) is 1. The molecule has 1 fully saturated rings. The second-order valence-corrected chi connectivity index (χ2v) is 5.92. The summed E-state index contributed by atoms with van der Waals surface area (Å²) in [4.78, 5) is 0. The monoisotopic (exact) mass is 275 g/mol. The van der Waals surface area contributed by atoms with Crippen molar-refractivity contribution in [2.24, 2.45) is 5.92 Å². The fourth-order valence-corrected chi connectivity index (χ4v) is 3.37. The van der Waals surface area contributed by atoms with Crippen LogP contribution in [0.3, 0.4) is 0 Å². The zero-order chi connectivity index (χ0) is 13.8. The van der Waals surface area contributed by atoms with Gasteiger partial charge in [0.05, 0.1) is 6.61 Å². The highest BCUT2D eigenvalue weighted by Gasteiger charge is 2.22. The molecule has 20 heavy (non-hydrogen) atoms. The third-order valence-corrected chi connectivity index (χ3v) is 4.63. The van der Waals surface area contributed by atoms with Gasteiger partial charge in [0, 0.05) is 19.3 Å². The molecule has 0 bridgehead atoms. The Labute approximate surface area is 121 Å². The number of hydrogen-bond acceptors (Lipinski definition) is 3. The van der Waals surface area contributed by atoms with E-state index < -0.39 is 0 Å². The molecule has 0 amide bonds. The van der Waals surface area contributed by atoms with Gasteiger partial charge in [0.2, 0.25) is 0 Å². The summed E-state index contributed by atoms with van der Waals surface area (Å²) in [6.45, 7) is 2.62. The average molecular weight is 275 g/mol. The number of hydrogen-bond donors (Lipinski definition) is 1. The van der Waals surface area contributed by atoms with Crippen LogP contribution in [-0.2, 0) is 11.2 Å². The van der Waals surface area contributed by atoms with E-state index in [0.717, 1.165) is 44.8 Å². The van der Waals surface area contributed by atoms with Crippen LogP contribution in [0.4, 0.5) is 0 Å². The van der Waals surface area contributed by atoms with Gasteiger partial charge in [0.25, 0.3) is 0 Å². The van der Waals surface area contributed by atoms with Crippen molar-refractivity contribution in [1.29, 1.82) is 0 Å². The van der Waals surface area contributed by atoms with Gasteiger partial charge in [-0.25, -0.2) is 0 Å². The van der Waals surface area contributed by atoms with Gasteiger partial charge >= 0.3 is 0 Å². The summed E-state index contributed by atoms with van der Waals surface area (Å²) < 4.78 is 11.6. The second kappa shape index (κ2) is 6.59. The lowest BCUT2D eigenvalue weighted by atomic mass is 9.87. The minimum absolute atomic E-state index is 0.491. The van der Waals surface area contributed by atoms with E-state index in [0.29, 0.717) is 12.0 Å². The van der Waals surface area contributed by atoms with Crippen LogP contribution in [0, 0.1) is 5.92 Å². The summed E-state index contributed by atoms with van der Waals surface area (Å²) >= 11 is 0. The number of rotatable bonds is 4. The minimum atomic E-state index is 0.491. The van der Waals surface area contributed by atoms with Crippen molar-refractivity contribution in [2.75, 3.05) is 26.9 Å². The highest BCUT2D eigenvalue weighted by atomic mass is 16.5. The molecule has 0 radical (unpaired) electrons. The van der Waals surface area contributed by atoms with Crippen molar-refractivity contribution < 1.29 is 9.47 Å². The van der Waals surface area contributed by atoms with Crippen molar-refractivity contribution in [3.63, 3.8) is 0 Å². The minimum Gasteiger partial charge on any atom is -0.493 e. The van der Waals surface area contributed by atoms with Crippen molar-refractivity contribution in [2.45, 2.75) is 38.1 Å². The largest absolute Gasteiger partial charge is 0.493 e. The first kappa shape index (κ1) is 13.9. The highest BCUT2D eigenvalue weighted by Crippen LogP contribution is 2.35. The van der Waals surface area contributed by atoms with E-state index in [1.54, 1.807) is 0 Å². The maximum Gasteiger partial charge on any atom is 0.122 e. The topological polar surface area (TPSA) is 30.5 Å². The van der Waals surface area contributed by atoms with Crippen LogP contribution >= 0.6 is 0 Å². The standard InChI is InChI=1S/C17H25NO2/c1-18-16-6-2-5-15-14(16)4-3-7-17(15)20-12-13-8-10-19-11-9-13/h3-4,7,13,16,18H,2,5-6,8-12H2,1H3. The SMILES string of the molecule is CNC1CCCc2c(OCC3CCOCC3)cccc21. The molecule has 1 heterocycles. The van der Waals surface area contributed by atoms with Crippen LogP contribution in [0.5, 0.6) is 5.75 Å². The number of benzene rings is 1. The molecule has 3 heteroatoms. The first-order valence-electron chi connectivity index (χ1n) is 7.88. The molecule has 1 saturated heterocycles. The summed E-state index contributed by atoms with van der Waals surface area (Å²) in [6, 6.07) is 7.01. The van der Waals surface area contributed by atoms with Crippen molar-refractivity contribution in [3.05, 3.63) is 29.3 Å². The molecule has 3 rings (SSSR count). The summed E-state index contributed by atoms with van der Waals surface area (Å²) in [5.74, 6) is 1.76. The van der Waals surface area contributed by atoms with Crippen LogP contribution in [0.25, 0.3) is 0 Å². The van der Waals surface area contributed by atoms with E-state index in [4.69, 9.17) is 9.47 Å². The lowest BCUT2D eigenvalue weighted by molar-refractivity contribution is 0.0495. The van der Waals surface area contributed by atoms with Crippen LogP contribution in [0.15, 0.2) is 18.2 Å². The van der Waals surface area contributed by atoms with E-state index in [9.17, 15) is 0 Å². The van der Waals surface area contributed by atoms with E-state index >= 15 is 0 Å². The molecule has 0 saturated carbocycles. The third-order valence-electron chi connectivity index (χ3n) is 4.63. The molecule has 2 aliphatic rings. The third kappa shape index (κ3) is 2.99. The number of fused-ring (bicyclic) bond motifs is 1. The van der Waals surface area contributed by atoms with E-state index in [2.05, 4.69) is 30.6 Å². The van der Waals surface area contributed by atoms with Gasteiger partial charge in [-0.05, 0) is 62.3 Å². The molecular weight excluding hydrogens is 250 g/mol. The van der Waals surface area contributed by atoms with Crippen molar-refractivity contribution in [3.8, 4) is 5.75 Å². The van der Waals surface area contributed by atoms with E-state index in [1.807, 2.05) is 0 Å². The van der Waals surface area contributed by atoms with Gasteiger partial charge in [0.15, 0.2) is 0 Å². The zero-order valence-corrected chi connectivity index (χ0v) is 12.4. The van der Waals surface area contributed by atoms with E-state index in [-0.39, 0.29) is 0 Å². The molecule has 1 N–H and O–H groups in total. The van der Waals surface area contributed by atoms with Crippen molar-refractivity contribution in [1.82, 2.24) is 5.32 Å². The van der Waals surface area contributed by atoms with Gasteiger partial charge in [-0.15, -0.1) is 0 Å². The first-order valence-corrected chi connectivity index (χ1v) is 7.88. The Morgan fingerprint density at radius 2 is 2.10 bits per heavy atom. The Balaban J connectivity index is 1.70. The van der Waals surface area contributed by atoms with Crippen molar-refractivity contribution >= 4 is 0 Å². The van der Waals surface area contributed by atoms with E-state index in [1.165, 1.54) is 24.0 Å². The molecule has 0 aromatic heterocycles. The van der Waals surface area contributed by atoms with Gasteiger partial charge in [-0.2, -0.15) is 0 Å². The van der Waals surface area contributed by atoms with Gasteiger partial charge in [-0.3, -0.25) is 0 Å². The van der Waals surface area contributed by atoms with Gasteiger partial charge in [-0.1, -0.05) is 12.1 Å². The molecule has 1 aliphatic heterocycles. The lowest BCUT2D eigenvalue weighted by Gasteiger charge is -2.28. The zero-order valence-electron chi connectivity index (χ0n) is 12.4. The highest BCUT2D eigenvalue weighted by molar-refractivity contribution is 5.43. The second-order valence-electron chi connectivity index (χ2n) is 5.92. The fourth-order valence-electron chi connectivity index (χ4n) is 3.37. The molecule has 1 aromatic rings. The average Bonchev–Trinajstić information content (AvgIpc) is 2.53. The molecule has 1 aromatic carbocycles. The Hall–Kier alpha value is -1.06. The predicted molar refractivity (Wildman–Crippen MR) is 80.2 cm³/mol. The molecule has 1 aliphatic carbocycles. The summed E-state index contributed by atoms with van der Waals surface area (Å²) in [5, 5.41) is 3.42. The summed E-state index contributed by atoms with van der Waals surface area (Å²) in [5.41, 5.74) is 2.85. The summed E-state index contributed by atoms with van der Waals surface area (Å²) in [6.07, 6.45) is 5.89. The smallest absolute Gasteiger partial charge is 0.122 e. The molecule has 110 valence electrons. The van der Waals surface area contributed by atoms with Crippen LogP contribution < -0.4 is 10.1 Å². The Bertz CT molecular complexity index is 441. The summed E-state index contributed by atoms with van der Waals surface area (Å²) in [7, 11) is 2.05. The van der Waals surface area contributed by atoms with Gasteiger partial charge in [0.1, 0.15) is 5.75 Å². The maximum atomic E-state index is 6.15. The van der Waals surface area contributed by atoms with Crippen LogP contribution in [0.2, 0.25) is 0 Å². The van der Waals surface area contributed by atoms with Crippen LogP contribution in [0.1, 0.15) is 42.9 Å². The number of ether oxygens (including phenoxy) is 2. The molecular formula is C17H25NO2. The molecule has 1 atom stereocenters. The molecule has 0 spiro atoms. The van der Waals surface area contributed by atoms with Crippen LogP contribution in [-0.4, -0.2) is 26.9 Å². The molecule has 3 nitrogen and oxygen atoms in total. The van der Waals surface area contributed by atoms with Gasteiger partial charge < -0.3 is 14.8 Å². The Morgan fingerprint density at radius 1 is 1.25 bits per heavy atom. The Kier molecular flexibility index (Phi) is 4.58. The first-order chi connectivity index (χ1) is 9.88. The predicted octanol–water partition coefficient (Wildman–Crippen LogP) is 3.09. The Morgan fingerprint density at radius 3 is 2.90 bits per heavy atom. The quantitative estimate of drug-likeness (QED) is 0.916.